The number of aliphatic hydroxyl groups excluding tert-OH is 1. The second-order valence-corrected chi connectivity index (χ2v) is 7.98. The molecule has 2 aromatic rings. The van der Waals surface area contributed by atoms with Crippen molar-refractivity contribution in [3.63, 3.8) is 0 Å². The van der Waals surface area contributed by atoms with Gasteiger partial charge in [-0.2, -0.15) is 0 Å². The number of hydrogen-bond acceptors (Lipinski definition) is 4. The van der Waals surface area contributed by atoms with Gasteiger partial charge in [0.1, 0.15) is 0 Å². The largest absolute Gasteiger partial charge is 0.389 e. The number of aliphatic hydroxyl groups is 1. The van der Waals surface area contributed by atoms with Gasteiger partial charge in [-0.3, -0.25) is 0 Å². The second-order valence-electron chi connectivity index (χ2n) is 4.30. The Bertz CT molecular complexity index is 678. The molecule has 2 N–H and O–H groups in total. The normalized spacial score (nSPS) is 13.3. The molecule has 0 saturated carbocycles. The van der Waals surface area contributed by atoms with Crippen molar-refractivity contribution in [2.24, 2.45) is 0 Å². The van der Waals surface area contributed by atoms with Gasteiger partial charge in [0.2, 0.25) is 10.0 Å². The minimum atomic E-state index is -3.53. The number of sulfonamides is 1. The molecule has 0 saturated heterocycles. The Labute approximate surface area is 130 Å². The fraction of sp³-hybridized carbons (Fsp3) is 0.231. The molecule has 20 heavy (non-hydrogen) atoms. The second kappa shape index (κ2) is 6.36. The van der Waals surface area contributed by atoms with E-state index in [0.717, 1.165) is 9.35 Å². The van der Waals surface area contributed by atoms with E-state index < -0.39 is 16.1 Å². The Balaban J connectivity index is 2.09. The average Bonchev–Trinajstić information content (AvgIpc) is 2.82. The molecular weight excluding hydrogens is 362 g/mol. The predicted octanol–water partition coefficient (Wildman–Crippen LogP) is 3.04. The lowest BCUT2D eigenvalue weighted by molar-refractivity contribution is 0.199. The number of halogens is 1. The summed E-state index contributed by atoms with van der Waals surface area (Å²) in [5.74, 6) is 0. The van der Waals surface area contributed by atoms with Gasteiger partial charge in [-0.05, 0) is 46.6 Å². The van der Waals surface area contributed by atoms with Crippen LogP contribution in [-0.2, 0) is 16.6 Å². The first-order valence-electron chi connectivity index (χ1n) is 5.89. The summed E-state index contributed by atoms with van der Waals surface area (Å²) in [6, 6.07) is 8.09. The molecule has 0 aliphatic carbocycles. The number of benzene rings is 1. The fourth-order valence-electron chi connectivity index (χ4n) is 1.62. The van der Waals surface area contributed by atoms with Crippen molar-refractivity contribution < 1.29 is 13.5 Å². The third-order valence-electron chi connectivity index (χ3n) is 2.73. The standard InChI is InChI=1S/C13H14BrNO3S2/c1-9(16)10-2-4-13(5-3-10)20(17,18)15-7-12-6-11(14)8-19-12/h2-6,8-9,15-16H,7H2,1H3. The van der Waals surface area contributed by atoms with E-state index in [1.165, 1.54) is 23.5 Å². The monoisotopic (exact) mass is 375 g/mol. The molecule has 0 aliphatic heterocycles. The summed E-state index contributed by atoms with van der Waals surface area (Å²) in [5, 5.41) is 11.3. The van der Waals surface area contributed by atoms with Crippen molar-refractivity contribution in [2.45, 2.75) is 24.5 Å². The highest BCUT2D eigenvalue weighted by Crippen LogP contribution is 2.20. The molecule has 0 aliphatic rings. The van der Waals surface area contributed by atoms with Gasteiger partial charge in [0.05, 0.1) is 11.0 Å². The highest BCUT2D eigenvalue weighted by atomic mass is 79.9. The third-order valence-corrected chi connectivity index (χ3v) is 5.85. The number of thiophene rings is 1. The molecule has 1 unspecified atom stereocenters. The topological polar surface area (TPSA) is 66.4 Å². The first kappa shape index (κ1) is 15.7. The van der Waals surface area contributed by atoms with Gasteiger partial charge in [-0.25, -0.2) is 13.1 Å². The molecule has 1 aromatic carbocycles. The zero-order valence-electron chi connectivity index (χ0n) is 10.7. The highest BCUT2D eigenvalue weighted by molar-refractivity contribution is 9.10. The zero-order chi connectivity index (χ0) is 14.8. The van der Waals surface area contributed by atoms with Crippen molar-refractivity contribution in [1.29, 1.82) is 0 Å². The van der Waals surface area contributed by atoms with Gasteiger partial charge in [-0.15, -0.1) is 11.3 Å². The Morgan fingerprint density at radius 3 is 2.50 bits per heavy atom. The Morgan fingerprint density at radius 1 is 1.35 bits per heavy atom. The minimum absolute atomic E-state index is 0.192. The third kappa shape index (κ3) is 3.89. The maximum Gasteiger partial charge on any atom is 0.240 e. The smallest absolute Gasteiger partial charge is 0.240 e. The van der Waals surface area contributed by atoms with Crippen LogP contribution in [0.4, 0.5) is 0 Å². The number of nitrogens with one attached hydrogen (secondary N) is 1. The quantitative estimate of drug-likeness (QED) is 0.843. The van der Waals surface area contributed by atoms with Crippen LogP contribution < -0.4 is 4.72 Å². The van der Waals surface area contributed by atoms with Gasteiger partial charge in [0.25, 0.3) is 0 Å². The molecule has 4 nitrogen and oxygen atoms in total. The summed E-state index contributed by atoms with van der Waals surface area (Å²) in [4.78, 5) is 1.12. The van der Waals surface area contributed by atoms with Crippen LogP contribution in [0, 0.1) is 0 Å². The van der Waals surface area contributed by atoms with Crippen molar-refractivity contribution in [2.75, 3.05) is 0 Å². The summed E-state index contributed by atoms with van der Waals surface area (Å²) < 4.78 is 27.7. The van der Waals surface area contributed by atoms with E-state index in [-0.39, 0.29) is 11.4 Å². The molecule has 0 bridgehead atoms. The van der Waals surface area contributed by atoms with Crippen LogP contribution in [0.15, 0.2) is 45.1 Å². The van der Waals surface area contributed by atoms with E-state index in [2.05, 4.69) is 20.7 Å². The Morgan fingerprint density at radius 2 is 2.00 bits per heavy atom. The van der Waals surface area contributed by atoms with E-state index in [4.69, 9.17) is 0 Å². The van der Waals surface area contributed by atoms with E-state index in [1.807, 2.05) is 11.4 Å². The molecular formula is C13H14BrNO3S2. The lowest BCUT2D eigenvalue weighted by Gasteiger charge is -2.08. The zero-order valence-corrected chi connectivity index (χ0v) is 13.9. The molecule has 1 aromatic heterocycles. The maximum atomic E-state index is 12.1. The molecule has 0 amide bonds. The van der Waals surface area contributed by atoms with Crippen LogP contribution in [-0.4, -0.2) is 13.5 Å². The van der Waals surface area contributed by atoms with Crippen LogP contribution in [0.2, 0.25) is 0 Å². The van der Waals surface area contributed by atoms with Crippen LogP contribution >= 0.6 is 27.3 Å². The van der Waals surface area contributed by atoms with E-state index in [0.29, 0.717) is 5.56 Å². The summed E-state index contributed by atoms with van der Waals surface area (Å²) >= 11 is 4.81. The van der Waals surface area contributed by atoms with Crippen LogP contribution in [0.1, 0.15) is 23.5 Å². The Hall–Kier alpha value is -0.730. The Kier molecular flexibility index (Phi) is 4.98. The van der Waals surface area contributed by atoms with E-state index >= 15 is 0 Å². The van der Waals surface area contributed by atoms with Crippen molar-refractivity contribution in [3.05, 3.63) is 50.6 Å². The molecule has 7 heteroatoms. The van der Waals surface area contributed by atoms with Gasteiger partial charge in [-0.1, -0.05) is 12.1 Å². The number of rotatable bonds is 5. The predicted molar refractivity (Wildman–Crippen MR) is 83.1 cm³/mol. The van der Waals surface area contributed by atoms with Crippen LogP contribution in [0.5, 0.6) is 0 Å². The van der Waals surface area contributed by atoms with Crippen molar-refractivity contribution in [3.8, 4) is 0 Å². The molecule has 1 atom stereocenters. The van der Waals surface area contributed by atoms with Gasteiger partial charge >= 0.3 is 0 Å². The summed E-state index contributed by atoms with van der Waals surface area (Å²) in [7, 11) is -3.53. The fourth-order valence-corrected chi connectivity index (χ4v) is 4.11. The van der Waals surface area contributed by atoms with Crippen LogP contribution in [0.3, 0.4) is 0 Å². The minimum Gasteiger partial charge on any atom is -0.389 e. The van der Waals surface area contributed by atoms with Crippen LogP contribution in [0.25, 0.3) is 0 Å². The number of hydrogen-bond donors (Lipinski definition) is 2. The first-order valence-corrected chi connectivity index (χ1v) is 9.04. The first-order chi connectivity index (χ1) is 9.38. The highest BCUT2D eigenvalue weighted by Gasteiger charge is 2.14. The summed E-state index contributed by atoms with van der Waals surface area (Å²) in [6.45, 7) is 1.90. The molecule has 0 fully saturated rings. The van der Waals surface area contributed by atoms with E-state index in [1.54, 1.807) is 19.1 Å². The van der Waals surface area contributed by atoms with Crippen molar-refractivity contribution in [1.82, 2.24) is 4.72 Å². The maximum absolute atomic E-state index is 12.1. The van der Waals surface area contributed by atoms with Gasteiger partial charge < -0.3 is 5.11 Å². The molecule has 108 valence electrons. The molecule has 2 rings (SSSR count). The van der Waals surface area contributed by atoms with E-state index in [9.17, 15) is 13.5 Å². The van der Waals surface area contributed by atoms with Gasteiger partial charge in [0.15, 0.2) is 0 Å². The lowest BCUT2D eigenvalue weighted by Crippen LogP contribution is -2.22. The average molecular weight is 376 g/mol. The summed E-state index contributed by atoms with van der Waals surface area (Å²) in [6.07, 6.45) is -0.608. The SMILES string of the molecule is CC(O)c1ccc(S(=O)(=O)NCc2cc(Br)cs2)cc1. The molecule has 1 heterocycles. The lowest BCUT2D eigenvalue weighted by atomic mass is 10.1. The van der Waals surface area contributed by atoms with Gasteiger partial charge in [0, 0.05) is 21.3 Å². The molecule has 0 spiro atoms. The molecule has 0 radical (unpaired) electrons. The van der Waals surface area contributed by atoms with Crippen molar-refractivity contribution >= 4 is 37.3 Å². The summed E-state index contributed by atoms with van der Waals surface area (Å²) in [5.41, 5.74) is 0.686.